The predicted octanol–water partition coefficient (Wildman–Crippen LogP) is -1.91. The zero-order valence-electron chi connectivity index (χ0n) is 3.29. The van der Waals surface area contributed by atoms with E-state index >= 15 is 0 Å². The third kappa shape index (κ3) is 8.89. The summed E-state index contributed by atoms with van der Waals surface area (Å²) in [6.45, 7) is 0. The smallest absolute Gasteiger partial charge is 0 e. The van der Waals surface area contributed by atoms with Crippen LogP contribution in [0.5, 0.6) is 0 Å². The summed E-state index contributed by atoms with van der Waals surface area (Å²) < 4.78 is 0. The van der Waals surface area contributed by atoms with Crippen LogP contribution in [0, 0.1) is 0 Å². The zero-order chi connectivity index (χ0) is 4.28. The zero-order valence-corrected chi connectivity index (χ0v) is 6.23. The van der Waals surface area contributed by atoms with Crippen molar-refractivity contribution in [2.45, 2.75) is 0 Å². The summed E-state index contributed by atoms with van der Waals surface area (Å²) in [4.78, 5) is 0. The molecule has 0 saturated carbocycles. The Labute approximate surface area is 58.0 Å². The molecule has 0 heterocycles. The molecule has 0 saturated heterocycles. The molecule has 0 aliphatic carbocycles. The van der Waals surface area contributed by atoms with Crippen molar-refractivity contribution < 1.29 is 21.1 Å². The van der Waals surface area contributed by atoms with Crippen LogP contribution in [-0.2, 0) is 21.1 Å². The van der Waals surface area contributed by atoms with Crippen molar-refractivity contribution in [3.63, 3.8) is 0 Å². The van der Waals surface area contributed by atoms with E-state index in [4.69, 9.17) is 23.2 Å². The van der Waals surface area contributed by atoms with Crippen LogP contribution < -0.4 is 0 Å². The van der Waals surface area contributed by atoms with Crippen LogP contribution in [0.2, 0.25) is 0 Å². The van der Waals surface area contributed by atoms with E-state index in [2.05, 4.69) is 0 Å². The second-order valence-corrected chi connectivity index (χ2v) is 0.770. The molecular weight excluding hydrogens is 238 g/mol. The van der Waals surface area contributed by atoms with E-state index in [0.29, 0.717) is 0 Å². The van der Waals surface area contributed by atoms with Gasteiger partial charge in [-0.15, -0.1) is 0 Å². The second kappa shape index (κ2) is 6.01. The molecule has 6 heteroatoms. The molecule has 6 heavy (non-hydrogen) atoms. The van der Waals surface area contributed by atoms with Gasteiger partial charge in [-0.05, 0) is 0 Å². The SMILES string of the molecule is [B][B]B([B])[B].[W]. The van der Waals surface area contributed by atoms with Gasteiger partial charge in [0.1, 0.15) is 0 Å². The Morgan fingerprint density at radius 2 is 1.50 bits per heavy atom. The topological polar surface area (TPSA) is 0 Å². The van der Waals surface area contributed by atoms with E-state index in [0.717, 1.165) is 0 Å². The van der Waals surface area contributed by atoms with Gasteiger partial charge in [-0.3, -0.25) is 0 Å². The standard InChI is InChI=1S/B5.W/c1-4-5(2)3;. The van der Waals surface area contributed by atoms with E-state index < -0.39 is 6.39 Å². The summed E-state index contributed by atoms with van der Waals surface area (Å²) in [5.74, 6) is 0. The fourth-order valence-corrected chi connectivity index (χ4v) is 0. The second-order valence-electron chi connectivity index (χ2n) is 0.770. The molecule has 0 atom stereocenters. The largest absolute Gasteiger partial charge is 0 e. The molecule has 0 spiro atoms. The summed E-state index contributed by atoms with van der Waals surface area (Å²) in [6.07, 6.45) is -0.463. The molecule has 0 aromatic heterocycles. The molecular formula is B5W. The van der Waals surface area contributed by atoms with Crippen molar-refractivity contribution >= 4 is 36.7 Å². The first-order valence-electron chi connectivity index (χ1n) is 1.33. The Bertz CT molecular complexity index is 17.9. The van der Waals surface area contributed by atoms with E-state index in [1.807, 2.05) is 0 Å². The first kappa shape index (κ1) is 10.1. The van der Waals surface area contributed by atoms with Crippen molar-refractivity contribution in [1.82, 2.24) is 0 Å². The molecule has 0 aliphatic heterocycles. The van der Waals surface area contributed by atoms with Crippen molar-refractivity contribution in [2.75, 3.05) is 0 Å². The van der Waals surface area contributed by atoms with Crippen LogP contribution in [0.1, 0.15) is 0 Å². The molecule has 0 fully saturated rings. The van der Waals surface area contributed by atoms with E-state index in [9.17, 15) is 0 Å². The summed E-state index contributed by atoms with van der Waals surface area (Å²) >= 11 is 0. The quantitative estimate of drug-likeness (QED) is 0.468. The number of hydrogen-bond donors (Lipinski definition) is 0. The van der Waals surface area contributed by atoms with Gasteiger partial charge in [0, 0.05) is 57.7 Å². The van der Waals surface area contributed by atoms with Gasteiger partial charge in [0.05, 0.1) is 0 Å². The van der Waals surface area contributed by atoms with Gasteiger partial charge in [-0.1, -0.05) is 0 Å². The van der Waals surface area contributed by atoms with E-state index in [1.54, 1.807) is 0 Å². The minimum absolute atomic E-state index is 0. The minimum atomic E-state index is -0.463. The fraction of sp³-hybridized carbons (Fsp3) is 0. The van der Waals surface area contributed by atoms with Gasteiger partial charge in [0.15, 0.2) is 0 Å². The molecule has 21 valence electrons. The maximum atomic E-state index is 4.89. The van der Waals surface area contributed by atoms with Crippen molar-refractivity contribution in [3.05, 3.63) is 0 Å². The summed E-state index contributed by atoms with van der Waals surface area (Å²) in [5.41, 5.74) is 0. The van der Waals surface area contributed by atoms with Crippen LogP contribution >= 0.6 is 0 Å². The molecule has 0 unspecified atom stereocenters. The number of rotatable bonds is 1. The third-order valence-corrected chi connectivity index (χ3v) is 0.222. The van der Waals surface area contributed by atoms with Gasteiger partial charge in [0.25, 0.3) is 0 Å². The molecule has 0 rings (SSSR count). The third-order valence-electron chi connectivity index (χ3n) is 0.222. The van der Waals surface area contributed by atoms with Crippen LogP contribution in [0.15, 0.2) is 0 Å². The van der Waals surface area contributed by atoms with E-state index in [1.165, 1.54) is 7.06 Å². The molecule has 0 aliphatic rings. The van der Waals surface area contributed by atoms with Crippen molar-refractivity contribution in [3.8, 4) is 0 Å². The van der Waals surface area contributed by atoms with Crippen LogP contribution in [0.25, 0.3) is 0 Å². The Kier molecular flexibility index (Phi) is 10.1. The molecule has 0 aromatic carbocycles. The molecule has 0 N–H and O–H groups in total. The summed E-state index contributed by atoms with van der Waals surface area (Å²) in [5, 5.41) is 0. The first-order chi connectivity index (χ1) is 2.27. The van der Waals surface area contributed by atoms with Crippen molar-refractivity contribution in [1.29, 1.82) is 0 Å². The average Bonchev–Trinajstić information content (AvgIpc) is 1.38. The summed E-state index contributed by atoms with van der Waals surface area (Å²) in [7, 11) is 15.8. The van der Waals surface area contributed by atoms with Crippen molar-refractivity contribution in [2.24, 2.45) is 0 Å². The van der Waals surface area contributed by atoms with Gasteiger partial charge in [0.2, 0.25) is 0 Å². The molecule has 7 radical (unpaired) electrons. The maximum absolute atomic E-state index is 4.89. The number of hydrogen-bond acceptors (Lipinski definition) is 0. The van der Waals surface area contributed by atoms with Crippen LogP contribution in [0.4, 0.5) is 0 Å². The van der Waals surface area contributed by atoms with E-state index in [-0.39, 0.29) is 21.1 Å². The first-order valence-corrected chi connectivity index (χ1v) is 1.33. The Morgan fingerprint density at radius 3 is 1.50 bits per heavy atom. The monoisotopic (exact) mass is 239 g/mol. The van der Waals surface area contributed by atoms with Crippen LogP contribution in [0.3, 0.4) is 0 Å². The fourth-order valence-electron chi connectivity index (χ4n) is 0. The molecule has 0 nitrogen and oxygen atoms in total. The summed E-state index contributed by atoms with van der Waals surface area (Å²) in [6, 6.07) is 0. The van der Waals surface area contributed by atoms with Gasteiger partial charge >= 0.3 is 0 Å². The Hall–Kier alpha value is 1.01. The average molecular weight is 238 g/mol. The van der Waals surface area contributed by atoms with Crippen LogP contribution in [-0.4, -0.2) is 36.7 Å². The Morgan fingerprint density at radius 1 is 1.33 bits per heavy atom. The molecule has 0 bridgehead atoms. The molecule has 0 aromatic rings. The predicted molar refractivity (Wildman–Crippen MR) is 28.8 cm³/mol. The van der Waals surface area contributed by atoms with Gasteiger partial charge in [-0.25, -0.2) is 0 Å². The Balaban J connectivity index is 0. The normalized spacial score (nSPS) is 5.33. The van der Waals surface area contributed by atoms with Gasteiger partial charge < -0.3 is 0 Å². The maximum Gasteiger partial charge on any atom is 0 e. The van der Waals surface area contributed by atoms with Gasteiger partial charge in [-0.2, -0.15) is 0 Å². The molecule has 0 amide bonds. The minimum Gasteiger partial charge on any atom is 0 e.